The smallest absolute Gasteiger partial charge is 0.261 e. The van der Waals surface area contributed by atoms with E-state index < -0.39 is 0 Å². The standard InChI is InChI=1S/C20H23N3O2S/c1-13-5-7-15(8-6-13)12-23-20-17(14(2)22-23)10-18(26-20)19(24)21-11-16-4-3-9-25-16/h5-8,10,16H,3-4,9,11-12H2,1-2H3,(H,21,24)/t16-/m0/s1. The molecule has 0 saturated carbocycles. The van der Waals surface area contributed by atoms with Crippen molar-refractivity contribution in [2.24, 2.45) is 0 Å². The molecule has 26 heavy (non-hydrogen) atoms. The van der Waals surface area contributed by atoms with E-state index in [2.05, 4.69) is 41.6 Å². The number of nitrogens with one attached hydrogen (secondary N) is 1. The zero-order chi connectivity index (χ0) is 18.1. The van der Waals surface area contributed by atoms with E-state index in [-0.39, 0.29) is 12.0 Å². The van der Waals surface area contributed by atoms with Crippen LogP contribution in [0.15, 0.2) is 30.3 Å². The Labute approximate surface area is 157 Å². The number of hydrogen-bond donors (Lipinski definition) is 1. The molecule has 1 aliphatic heterocycles. The fourth-order valence-electron chi connectivity index (χ4n) is 3.30. The highest BCUT2D eigenvalue weighted by atomic mass is 32.1. The van der Waals surface area contributed by atoms with E-state index in [0.29, 0.717) is 13.1 Å². The van der Waals surface area contributed by atoms with Gasteiger partial charge in [-0.2, -0.15) is 5.10 Å². The maximum Gasteiger partial charge on any atom is 0.261 e. The van der Waals surface area contributed by atoms with Gasteiger partial charge in [0.25, 0.3) is 5.91 Å². The maximum atomic E-state index is 12.5. The number of hydrogen-bond acceptors (Lipinski definition) is 4. The van der Waals surface area contributed by atoms with Gasteiger partial charge in [0.15, 0.2) is 0 Å². The number of aryl methyl sites for hydroxylation is 2. The number of fused-ring (bicyclic) bond motifs is 1. The molecule has 0 unspecified atom stereocenters. The third kappa shape index (κ3) is 3.52. The summed E-state index contributed by atoms with van der Waals surface area (Å²) in [5, 5.41) is 8.72. The molecule has 3 heterocycles. The first-order valence-electron chi connectivity index (χ1n) is 9.02. The molecule has 1 amide bonds. The lowest BCUT2D eigenvalue weighted by molar-refractivity contribution is 0.0861. The third-order valence-corrected chi connectivity index (χ3v) is 5.95. The van der Waals surface area contributed by atoms with Crippen LogP contribution >= 0.6 is 11.3 Å². The average molecular weight is 369 g/mol. The van der Waals surface area contributed by atoms with Gasteiger partial charge in [-0.05, 0) is 38.3 Å². The second kappa shape index (κ2) is 7.21. The number of nitrogens with zero attached hydrogens (tertiary/aromatic N) is 2. The van der Waals surface area contributed by atoms with Crippen molar-refractivity contribution in [3.63, 3.8) is 0 Å². The van der Waals surface area contributed by atoms with Crippen molar-refractivity contribution >= 4 is 27.5 Å². The van der Waals surface area contributed by atoms with Crippen LogP contribution in [-0.4, -0.2) is 34.9 Å². The lowest BCUT2D eigenvalue weighted by Gasteiger charge is -2.09. The lowest BCUT2D eigenvalue weighted by atomic mass is 10.1. The van der Waals surface area contributed by atoms with Crippen LogP contribution in [0, 0.1) is 13.8 Å². The lowest BCUT2D eigenvalue weighted by Crippen LogP contribution is -2.31. The summed E-state index contributed by atoms with van der Waals surface area (Å²) in [6.45, 7) is 6.18. The summed E-state index contributed by atoms with van der Waals surface area (Å²) in [6.07, 6.45) is 2.27. The molecule has 1 aliphatic rings. The monoisotopic (exact) mass is 369 g/mol. The van der Waals surface area contributed by atoms with E-state index in [1.165, 1.54) is 22.5 Å². The van der Waals surface area contributed by atoms with Gasteiger partial charge in [-0.3, -0.25) is 9.48 Å². The molecule has 0 radical (unpaired) electrons. The molecule has 6 heteroatoms. The molecule has 1 saturated heterocycles. The number of benzene rings is 1. The molecule has 1 atom stereocenters. The van der Waals surface area contributed by atoms with Gasteiger partial charge in [0.2, 0.25) is 0 Å². The topological polar surface area (TPSA) is 56.2 Å². The summed E-state index contributed by atoms with van der Waals surface area (Å²) >= 11 is 1.51. The maximum absolute atomic E-state index is 12.5. The van der Waals surface area contributed by atoms with Gasteiger partial charge in [-0.1, -0.05) is 29.8 Å². The van der Waals surface area contributed by atoms with Gasteiger partial charge in [0.05, 0.1) is 23.2 Å². The zero-order valence-corrected chi connectivity index (χ0v) is 15.9. The van der Waals surface area contributed by atoms with Gasteiger partial charge in [0.1, 0.15) is 4.83 Å². The first-order chi connectivity index (χ1) is 12.6. The van der Waals surface area contributed by atoms with Gasteiger partial charge >= 0.3 is 0 Å². The van der Waals surface area contributed by atoms with Crippen molar-refractivity contribution < 1.29 is 9.53 Å². The minimum absolute atomic E-state index is 0.0250. The number of rotatable bonds is 5. The number of aromatic nitrogens is 2. The predicted octanol–water partition coefficient (Wildman–Crippen LogP) is 3.67. The third-order valence-electron chi connectivity index (χ3n) is 4.80. The Morgan fingerprint density at radius 2 is 2.15 bits per heavy atom. The molecule has 1 fully saturated rings. The van der Waals surface area contributed by atoms with Crippen LogP contribution in [0.1, 0.15) is 39.3 Å². The summed E-state index contributed by atoms with van der Waals surface area (Å²) in [4.78, 5) is 14.3. The quantitative estimate of drug-likeness (QED) is 0.746. The predicted molar refractivity (Wildman–Crippen MR) is 104 cm³/mol. The highest BCUT2D eigenvalue weighted by Crippen LogP contribution is 2.29. The highest BCUT2D eigenvalue weighted by molar-refractivity contribution is 7.20. The van der Waals surface area contributed by atoms with Gasteiger partial charge in [-0.15, -0.1) is 11.3 Å². The van der Waals surface area contributed by atoms with Crippen LogP contribution in [0.4, 0.5) is 0 Å². The van der Waals surface area contributed by atoms with E-state index >= 15 is 0 Å². The van der Waals surface area contributed by atoms with Gasteiger partial charge < -0.3 is 10.1 Å². The summed E-state index contributed by atoms with van der Waals surface area (Å²) in [7, 11) is 0. The van der Waals surface area contributed by atoms with Crippen molar-refractivity contribution in [3.05, 3.63) is 52.0 Å². The first-order valence-corrected chi connectivity index (χ1v) is 9.84. The molecule has 0 bridgehead atoms. The van der Waals surface area contributed by atoms with Gasteiger partial charge in [-0.25, -0.2) is 0 Å². The van der Waals surface area contributed by atoms with Crippen LogP contribution in [0.3, 0.4) is 0 Å². The van der Waals surface area contributed by atoms with E-state index in [4.69, 9.17) is 4.74 Å². The average Bonchev–Trinajstić information content (AvgIpc) is 3.35. The molecule has 136 valence electrons. The van der Waals surface area contributed by atoms with Crippen molar-refractivity contribution in [1.29, 1.82) is 0 Å². The van der Waals surface area contributed by atoms with Crippen LogP contribution in [-0.2, 0) is 11.3 Å². The Bertz CT molecular complexity index is 921. The van der Waals surface area contributed by atoms with E-state index in [1.807, 2.05) is 17.7 Å². The number of thiophene rings is 1. The summed E-state index contributed by atoms with van der Waals surface area (Å²) in [5.41, 5.74) is 3.41. The summed E-state index contributed by atoms with van der Waals surface area (Å²) < 4.78 is 7.57. The SMILES string of the molecule is Cc1ccc(Cn2nc(C)c3cc(C(=O)NC[C@@H]4CCCO4)sc32)cc1. The van der Waals surface area contributed by atoms with Crippen molar-refractivity contribution in [3.8, 4) is 0 Å². The molecule has 2 aromatic heterocycles. The molecule has 3 aromatic rings. The van der Waals surface area contributed by atoms with E-state index in [9.17, 15) is 4.79 Å². The van der Waals surface area contributed by atoms with Crippen molar-refractivity contribution in [2.75, 3.05) is 13.2 Å². The molecule has 1 aromatic carbocycles. The Kier molecular flexibility index (Phi) is 4.78. The fourth-order valence-corrected chi connectivity index (χ4v) is 4.37. The normalized spacial score (nSPS) is 17.1. The number of carbonyl (C=O) groups is 1. The van der Waals surface area contributed by atoms with Crippen LogP contribution < -0.4 is 5.32 Å². The minimum Gasteiger partial charge on any atom is -0.376 e. The Morgan fingerprint density at radius 3 is 2.88 bits per heavy atom. The fraction of sp³-hybridized carbons (Fsp3) is 0.400. The second-order valence-corrected chi connectivity index (χ2v) is 7.93. The largest absolute Gasteiger partial charge is 0.376 e. The Balaban J connectivity index is 1.52. The zero-order valence-electron chi connectivity index (χ0n) is 15.1. The molecule has 1 N–H and O–H groups in total. The van der Waals surface area contributed by atoms with Crippen molar-refractivity contribution in [2.45, 2.75) is 39.3 Å². The number of amides is 1. The number of carbonyl (C=O) groups excluding carboxylic acids is 1. The molecule has 0 aliphatic carbocycles. The molecule has 5 nitrogen and oxygen atoms in total. The van der Waals surface area contributed by atoms with E-state index in [1.54, 1.807) is 0 Å². The van der Waals surface area contributed by atoms with Crippen LogP contribution in [0.25, 0.3) is 10.2 Å². The van der Waals surface area contributed by atoms with E-state index in [0.717, 1.165) is 40.2 Å². The first kappa shape index (κ1) is 17.2. The van der Waals surface area contributed by atoms with Gasteiger partial charge in [0, 0.05) is 18.5 Å². The molecule has 0 spiro atoms. The van der Waals surface area contributed by atoms with Crippen LogP contribution in [0.2, 0.25) is 0 Å². The molecule has 4 rings (SSSR count). The number of ether oxygens (including phenoxy) is 1. The second-order valence-electron chi connectivity index (χ2n) is 6.90. The van der Waals surface area contributed by atoms with Crippen molar-refractivity contribution in [1.82, 2.24) is 15.1 Å². The Hall–Kier alpha value is -2.18. The highest BCUT2D eigenvalue weighted by Gasteiger charge is 2.19. The molecular formula is C20H23N3O2S. The summed E-state index contributed by atoms with van der Waals surface area (Å²) in [6, 6.07) is 10.4. The van der Waals surface area contributed by atoms with Crippen LogP contribution in [0.5, 0.6) is 0 Å². The Morgan fingerprint density at radius 1 is 1.35 bits per heavy atom. The minimum atomic E-state index is -0.0250. The molecular weight excluding hydrogens is 346 g/mol. The summed E-state index contributed by atoms with van der Waals surface area (Å²) in [5.74, 6) is -0.0250.